The van der Waals surface area contributed by atoms with Gasteiger partial charge in [0, 0.05) is 12.1 Å². The summed E-state index contributed by atoms with van der Waals surface area (Å²) in [4.78, 5) is 11.2. The molecule has 0 atom stereocenters. The van der Waals surface area contributed by atoms with Crippen molar-refractivity contribution in [2.24, 2.45) is 0 Å². The minimum absolute atomic E-state index is 0.164. The highest BCUT2D eigenvalue weighted by Gasteiger charge is 2.17. The van der Waals surface area contributed by atoms with Gasteiger partial charge in [0.1, 0.15) is 0 Å². The van der Waals surface area contributed by atoms with Gasteiger partial charge in [-0.05, 0) is 6.92 Å². The van der Waals surface area contributed by atoms with Crippen molar-refractivity contribution in [3.05, 3.63) is 12.1 Å². The van der Waals surface area contributed by atoms with Gasteiger partial charge >= 0.3 is 6.09 Å². The highest BCUT2D eigenvalue weighted by molar-refractivity contribution is 5.90. The molecule has 1 aliphatic heterocycles. The molecule has 1 aromatic carbocycles. The Bertz CT molecular complexity index is 420. The van der Waals surface area contributed by atoms with E-state index >= 15 is 0 Å². The number of nitrogens with two attached hydrogens (primary N) is 1. The summed E-state index contributed by atoms with van der Waals surface area (Å²) in [5, 5.41) is 2.52. The monoisotopic (exact) mass is 224 g/mol. The maximum atomic E-state index is 11.2. The zero-order chi connectivity index (χ0) is 11.5. The molecule has 3 N–H and O–H groups in total. The molecular formula is C10H12N2O4. The number of rotatable bonds is 2. The van der Waals surface area contributed by atoms with Crippen LogP contribution >= 0.6 is 0 Å². The smallest absolute Gasteiger partial charge is 0.411 e. The summed E-state index contributed by atoms with van der Waals surface area (Å²) in [6.45, 7) is 2.19. The van der Waals surface area contributed by atoms with Crippen LogP contribution in [0, 0.1) is 0 Å². The fourth-order valence-corrected chi connectivity index (χ4v) is 1.34. The normalized spacial score (nSPS) is 12.3. The van der Waals surface area contributed by atoms with E-state index in [1.807, 2.05) is 0 Å². The highest BCUT2D eigenvalue weighted by atomic mass is 16.7. The molecule has 6 heteroatoms. The van der Waals surface area contributed by atoms with Crippen LogP contribution in [0.2, 0.25) is 0 Å². The van der Waals surface area contributed by atoms with Crippen molar-refractivity contribution in [1.29, 1.82) is 0 Å². The van der Waals surface area contributed by atoms with Gasteiger partial charge in [-0.15, -0.1) is 0 Å². The van der Waals surface area contributed by atoms with Crippen LogP contribution < -0.4 is 20.5 Å². The molecule has 0 fully saturated rings. The number of carbonyl (C=O) groups excluding carboxylic acids is 1. The third kappa shape index (κ3) is 1.95. The molecule has 0 spiro atoms. The van der Waals surface area contributed by atoms with Crippen molar-refractivity contribution in [3.8, 4) is 11.5 Å². The van der Waals surface area contributed by atoms with Gasteiger partial charge in [0.2, 0.25) is 6.79 Å². The number of anilines is 2. The van der Waals surface area contributed by atoms with E-state index in [1.165, 1.54) is 0 Å². The average molecular weight is 224 g/mol. The predicted octanol–water partition coefficient (Wildman–Crippen LogP) is 1.57. The molecule has 1 heterocycles. The number of amides is 1. The Morgan fingerprint density at radius 2 is 2.19 bits per heavy atom. The summed E-state index contributed by atoms with van der Waals surface area (Å²) in [7, 11) is 0. The van der Waals surface area contributed by atoms with Crippen molar-refractivity contribution >= 4 is 17.5 Å². The minimum atomic E-state index is -0.548. The summed E-state index contributed by atoms with van der Waals surface area (Å²) < 4.78 is 15.0. The Labute approximate surface area is 92.3 Å². The maximum absolute atomic E-state index is 11.2. The van der Waals surface area contributed by atoms with Crippen molar-refractivity contribution in [3.63, 3.8) is 0 Å². The highest BCUT2D eigenvalue weighted by Crippen LogP contribution is 2.38. The van der Waals surface area contributed by atoms with Crippen LogP contribution in [0.25, 0.3) is 0 Å². The lowest BCUT2D eigenvalue weighted by Crippen LogP contribution is -2.14. The summed E-state index contributed by atoms with van der Waals surface area (Å²) in [5.74, 6) is 1.13. The molecule has 86 valence electrons. The number of benzene rings is 1. The number of hydrogen-bond donors (Lipinski definition) is 2. The molecule has 1 aliphatic rings. The van der Waals surface area contributed by atoms with Gasteiger partial charge in [0.15, 0.2) is 11.5 Å². The van der Waals surface area contributed by atoms with Crippen LogP contribution in [-0.2, 0) is 4.74 Å². The summed E-state index contributed by atoms with van der Waals surface area (Å²) in [6, 6.07) is 3.21. The first kappa shape index (κ1) is 10.4. The topological polar surface area (TPSA) is 82.8 Å². The molecule has 0 unspecified atom stereocenters. The minimum Gasteiger partial charge on any atom is -0.454 e. The van der Waals surface area contributed by atoms with Crippen LogP contribution in [0.3, 0.4) is 0 Å². The van der Waals surface area contributed by atoms with E-state index in [1.54, 1.807) is 19.1 Å². The molecule has 0 bridgehead atoms. The lowest BCUT2D eigenvalue weighted by atomic mass is 10.2. The number of nitrogens with one attached hydrogen (secondary N) is 1. The molecule has 1 aromatic rings. The van der Waals surface area contributed by atoms with Gasteiger partial charge in [-0.25, -0.2) is 4.79 Å². The van der Waals surface area contributed by atoms with Crippen molar-refractivity contribution in [2.75, 3.05) is 24.5 Å². The van der Waals surface area contributed by atoms with Gasteiger partial charge in [-0.2, -0.15) is 0 Å². The SMILES string of the molecule is CCOC(=O)Nc1cc2c(cc1N)OCO2. The number of carbonyl (C=O) groups is 1. The second-order valence-corrected chi connectivity index (χ2v) is 3.14. The van der Waals surface area contributed by atoms with Crippen molar-refractivity contribution in [1.82, 2.24) is 0 Å². The molecule has 1 amide bonds. The second kappa shape index (κ2) is 4.18. The van der Waals surface area contributed by atoms with E-state index in [9.17, 15) is 4.79 Å². The predicted molar refractivity (Wildman–Crippen MR) is 57.6 cm³/mol. The first-order valence-electron chi connectivity index (χ1n) is 4.83. The first-order chi connectivity index (χ1) is 7.70. The Hall–Kier alpha value is -2.11. The molecule has 6 nitrogen and oxygen atoms in total. The molecule has 0 saturated heterocycles. The number of nitrogen functional groups attached to an aromatic ring is 1. The zero-order valence-corrected chi connectivity index (χ0v) is 8.78. The molecule has 2 rings (SSSR count). The van der Waals surface area contributed by atoms with E-state index < -0.39 is 6.09 Å². The summed E-state index contributed by atoms with van der Waals surface area (Å²) in [5.41, 5.74) is 6.58. The zero-order valence-electron chi connectivity index (χ0n) is 8.78. The van der Waals surface area contributed by atoms with Gasteiger partial charge < -0.3 is 19.9 Å². The van der Waals surface area contributed by atoms with E-state index in [-0.39, 0.29) is 6.79 Å². The molecule has 0 aromatic heterocycles. The average Bonchev–Trinajstić information content (AvgIpc) is 2.65. The number of fused-ring (bicyclic) bond motifs is 1. The largest absolute Gasteiger partial charge is 0.454 e. The molecule has 16 heavy (non-hydrogen) atoms. The summed E-state index contributed by atoms with van der Waals surface area (Å²) >= 11 is 0. The third-order valence-electron chi connectivity index (χ3n) is 2.06. The molecule has 0 aliphatic carbocycles. The summed E-state index contributed by atoms with van der Waals surface area (Å²) in [6.07, 6.45) is -0.548. The van der Waals surface area contributed by atoms with Gasteiger partial charge in [-0.1, -0.05) is 0 Å². The van der Waals surface area contributed by atoms with Crippen LogP contribution in [0.15, 0.2) is 12.1 Å². The fraction of sp³-hybridized carbons (Fsp3) is 0.300. The van der Waals surface area contributed by atoms with E-state index in [0.717, 1.165) is 0 Å². The van der Waals surface area contributed by atoms with Crippen molar-refractivity contribution < 1.29 is 19.0 Å². The van der Waals surface area contributed by atoms with Crippen LogP contribution in [-0.4, -0.2) is 19.5 Å². The maximum Gasteiger partial charge on any atom is 0.411 e. The van der Waals surface area contributed by atoms with Crippen molar-refractivity contribution in [2.45, 2.75) is 6.92 Å². The molecular weight excluding hydrogens is 212 g/mol. The van der Waals surface area contributed by atoms with E-state index in [2.05, 4.69) is 5.32 Å². The Kier molecular flexibility index (Phi) is 2.72. The first-order valence-corrected chi connectivity index (χ1v) is 4.83. The van der Waals surface area contributed by atoms with Gasteiger partial charge in [0.05, 0.1) is 18.0 Å². The van der Waals surface area contributed by atoms with Crippen LogP contribution in [0.4, 0.5) is 16.2 Å². The molecule has 0 radical (unpaired) electrons. The Morgan fingerprint density at radius 3 is 2.88 bits per heavy atom. The standard InChI is InChI=1S/C10H12N2O4/c1-2-14-10(13)12-7-4-9-8(3-6(7)11)15-5-16-9/h3-4H,2,5,11H2,1H3,(H,12,13). The van der Waals surface area contributed by atoms with Crippen LogP contribution in [0.1, 0.15) is 6.92 Å². The Morgan fingerprint density at radius 1 is 1.50 bits per heavy atom. The number of hydrogen-bond acceptors (Lipinski definition) is 5. The number of ether oxygens (including phenoxy) is 3. The lowest BCUT2D eigenvalue weighted by Gasteiger charge is -2.08. The van der Waals surface area contributed by atoms with Gasteiger partial charge in [-0.3, -0.25) is 5.32 Å². The molecule has 0 saturated carbocycles. The van der Waals surface area contributed by atoms with Crippen LogP contribution in [0.5, 0.6) is 11.5 Å². The second-order valence-electron chi connectivity index (χ2n) is 3.14. The lowest BCUT2D eigenvalue weighted by molar-refractivity contribution is 0.168. The van der Waals surface area contributed by atoms with E-state index in [0.29, 0.717) is 29.5 Å². The fourth-order valence-electron chi connectivity index (χ4n) is 1.34. The third-order valence-corrected chi connectivity index (χ3v) is 2.06. The van der Waals surface area contributed by atoms with Gasteiger partial charge in [0.25, 0.3) is 0 Å². The quantitative estimate of drug-likeness (QED) is 0.745. The van der Waals surface area contributed by atoms with E-state index in [4.69, 9.17) is 19.9 Å². The Balaban J connectivity index is 2.18.